The third-order valence-corrected chi connectivity index (χ3v) is 7.15. The lowest BCUT2D eigenvalue weighted by molar-refractivity contribution is -0.126. The number of pyridine rings is 1. The number of benzene rings is 1. The highest BCUT2D eigenvalue weighted by Crippen LogP contribution is 2.28. The molecule has 4 N–H and O–H groups in total. The van der Waals surface area contributed by atoms with E-state index in [1.807, 2.05) is 0 Å². The van der Waals surface area contributed by atoms with Gasteiger partial charge in [-0.3, -0.25) is 23.7 Å². The van der Waals surface area contributed by atoms with E-state index >= 15 is 0 Å². The summed E-state index contributed by atoms with van der Waals surface area (Å²) in [4.78, 5) is 59.6. The first kappa shape index (κ1) is 24.6. The maximum absolute atomic E-state index is 13.6. The van der Waals surface area contributed by atoms with Crippen molar-refractivity contribution in [1.82, 2.24) is 19.9 Å². The quantitative estimate of drug-likeness (QED) is 0.407. The number of hydrogen-bond donors (Lipinski definition) is 3. The molecular formula is C27H30N6O4. The zero-order valence-electron chi connectivity index (χ0n) is 20.5. The first-order chi connectivity index (χ1) is 17.9. The summed E-state index contributed by atoms with van der Waals surface area (Å²) in [5.41, 5.74) is 6.08. The number of nitrogens with zero attached hydrogens (tertiary/aromatic N) is 3. The van der Waals surface area contributed by atoms with Crippen LogP contribution >= 0.6 is 0 Å². The van der Waals surface area contributed by atoms with Gasteiger partial charge in [0.05, 0.1) is 22.8 Å². The number of nitrogens with one attached hydrogen (secondary N) is 2. The molecule has 2 fully saturated rings. The highest BCUT2D eigenvalue weighted by atomic mass is 16.2. The van der Waals surface area contributed by atoms with Crippen LogP contribution < -0.4 is 21.9 Å². The van der Waals surface area contributed by atoms with Crippen molar-refractivity contribution in [2.75, 3.05) is 11.9 Å². The number of aromatic nitrogens is 3. The van der Waals surface area contributed by atoms with Crippen LogP contribution in [-0.2, 0) is 4.79 Å². The molecule has 0 spiro atoms. The Kier molecular flexibility index (Phi) is 6.98. The molecule has 2 aliphatic rings. The first-order valence-corrected chi connectivity index (χ1v) is 12.8. The van der Waals surface area contributed by atoms with Crippen molar-refractivity contribution in [3.63, 3.8) is 0 Å². The minimum atomic E-state index is -0.789. The molecule has 192 valence electrons. The van der Waals surface area contributed by atoms with Gasteiger partial charge >= 0.3 is 0 Å². The molecule has 2 aliphatic carbocycles. The average Bonchev–Trinajstić information content (AvgIpc) is 3.74. The number of hydrogen-bond acceptors (Lipinski definition) is 7. The number of fused-ring (bicyclic) bond motifs is 1. The van der Waals surface area contributed by atoms with Gasteiger partial charge in [-0.2, -0.15) is 0 Å². The van der Waals surface area contributed by atoms with E-state index in [1.165, 1.54) is 17.1 Å². The van der Waals surface area contributed by atoms with E-state index in [9.17, 15) is 19.2 Å². The molecule has 1 atom stereocenters. The summed E-state index contributed by atoms with van der Waals surface area (Å²) in [7, 11) is 0. The molecule has 1 unspecified atom stereocenters. The summed E-state index contributed by atoms with van der Waals surface area (Å²) in [6, 6.07) is 7.43. The number of Topliss-reactive ketones (excluding diaryl/α,β-unsaturated/α-hetero) is 1. The van der Waals surface area contributed by atoms with Crippen molar-refractivity contribution < 1.29 is 14.4 Å². The van der Waals surface area contributed by atoms with Crippen LogP contribution in [0.15, 0.2) is 47.7 Å². The molecule has 2 aromatic heterocycles. The summed E-state index contributed by atoms with van der Waals surface area (Å²) in [5, 5.41) is 6.41. The Bertz CT molecular complexity index is 1390. The summed E-state index contributed by atoms with van der Waals surface area (Å²) in [6.07, 6.45) is 9.41. The van der Waals surface area contributed by atoms with Crippen molar-refractivity contribution in [3.05, 3.63) is 64.3 Å². The van der Waals surface area contributed by atoms with E-state index in [0.29, 0.717) is 22.3 Å². The van der Waals surface area contributed by atoms with Crippen LogP contribution in [0.25, 0.3) is 10.9 Å². The molecule has 0 radical (unpaired) electrons. The van der Waals surface area contributed by atoms with Gasteiger partial charge in [-0.25, -0.2) is 9.97 Å². The number of carbonyl (C=O) groups excluding carboxylic acids is 3. The van der Waals surface area contributed by atoms with Gasteiger partial charge in [0.2, 0.25) is 5.91 Å². The molecule has 10 heteroatoms. The number of carbonyl (C=O) groups is 3. The summed E-state index contributed by atoms with van der Waals surface area (Å²) >= 11 is 0. The van der Waals surface area contributed by atoms with Gasteiger partial charge in [0.15, 0.2) is 5.78 Å². The van der Waals surface area contributed by atoms with Crippen LogP contribution in [0, 0.1) is 5.92 Å². The third kappa shape index (κ3) is 5.52. The number of anilines is 1. The van der Waals surface area contributed by atoms with Gasteiger partial charge in [-0.15, -0.1) is 0 Å². The fourth-order valence-electron chi connectivity index (χ4n) is 4.84. The van der Waals surface area contributed by atoms with Crippen LogP contribution in [-0.4, -0.2) is 44.7 Å². The molecule has 2 heterocycles. The molecule has 10 nitrogen and oxygen atoms in total. The predicted octanol–water partition coefficient (Wildman–Crippen LogP) is 2.59. The second kappa shape index (κ2) is 10.5. The Morgan fingerprint density at radius 3 is 2.43 bits per heavy atom. The zero-order valence-corrected chi connectivity index (χ0v) is 20.5. The second-order valence-electron chi connectivity index (χ2n) is 9.87. The number of primary amides is 1. The fourth-order valence-corrected chi connectivity index (χ4v) is 4.84. The van der Waals surface area contributed by atoms with Crippen molar-refractivity contribution in [1.29, 1.82) is 0 Å². The van der Waals surface area contributed by atoms with Crippen LogP contribution in [0.2, 0.25) is 0 Å². The molecule has 2 amide bonds. The standard InChI is InChI=1S/C27H30N6O4/c28-25(35)18-7-11-23(29-13-18)30-14-22(24(34)16-4-2-1-3-5-16)33-15-31-21-12-17(6-10-20(21)27(33)37)26(36)32-19-8-9-19/h6-7,10-13,15-16,19,22H,1-5,8-9,14H2,(H2,28,35)(H,29,30)(H,32,36). The first-order valence-electron chi connectivity index (χ1n) is 12.8. The Morgan fingerprint density at radius 1 is 1.00 bits per heavy atom. The normalized spacial score (nSPS) is 16.8. The maximum Gasteiger partial charge on any atom is 0.261 e. The predicted molar refractivity (Wildman–Crippen MR) is 138 cm³/mol. The lowest BCUT2D eigenvalue weighted by Crippen LogP contribution is -2.38. The lowest BCUT2D eigenvalue weighted by Gasteiger charge is -2.27. The summed E-state index contributed by atoms with van der Waals surface area (Å²) < 4.78 is 1.38. The molecule has 5 rings (SSSR count). The van der Waals surface area contributed by atoms with E-state index in [0.717, 1.165) is 44.9 Å². The van der Waals surface area contributed by atoms with Gasteiger partial charge < -0.3 is 16.4 Å². The molecule has 0 saturated heterocycles. The van der Waals surface area contributed by atoms with Crippen LogP contribution in [0.1, 0.15) is 71.7 Å². The van der Waals surface area contributed by atoms with Crippen LogP contribution in [0.4, 0.5) is 5.82 Å². The maximum atomic E-state index is 13.6. The highest BCUT2D eigenvalue weighted by molar-refractivity contribution is 5.98. The van der Waals surface area contributed by atoms with E-state index in [-0.39, 0.29) is 41.3 Å². The number of ketones is 1. The van der Waals surface area contributed by atoms with Crippen LogP contribution in [0.3, 0.4) is 0 Å². The molecule has 0 aliphatic heterocycles. The number of nitrogens with two attached hydrogens (primary N) is 1. The zero-order chi connectivity index (χ0) is 25.9. The molecular weight excluding hydrogens is 472 g/mol. The molecule has 3 aromatic rings. The third-order valence-electron chi connectivity index (χ3n) is 7.15. The SMILES string of the molecule is NC(=O)c1ccc(NCC(C(=O)C2CCCCC2)n2cnc3cc(C(=O)NC4CC4)ccc3c2=O)nc1. The van der Waals surface area contributed by atoms with Crippen molar-refractivity contribution in [2.24, 2.45) is 11.7 Å². The summed E-state index contributed by atoms with van der Waals surface area (Å²) in [5.74, 6) is -0.433. The Balaban J connectivity index is 1.43. The van der Waals surface area contributed by atoms with Crippen molar-refractivity contribution in [3.8, 4) is 0 Å². The van der Waals surface area contributed by atoms with Gasteiger partial charge in [0, 0.05) is 30.3 Å². The van der Waals surface area contributed by atoms with Gasteiger partial charge in [0.25, 0.3) is 11.5 Å². The van der Waals surface area contributed by atoms with E-state index in [4.69, 9.17) is 5.73 Å². The Hall–Kier alpha value is -4.08. The minimum absolute atomic E-state index is 0.00959. The molecule has 0 bridgehead atoms. The monoisotopic (exact) mass is 502 g/mol. The average molecular weight is 503 g/mol. The largest absolute Gasteiger partial charge is 0.368 e. The molecule has 2 saturated carbocycles. The van der Waals surface area contributed by atoms with Gasteiger partial charge in [0.1, 0.15) is 11.9 Å². The molecule has 1 aromatic carbocycles. The van der Waals surface area contributed by atoms with Gasteiger partial charge in [-0.05, 0) is 56.0 Å². The lowest BCUT2D eigenvalue weighted by atomic mass is 9.83. The Labute approximate surface area is 213 Å². The molecule has 37 heavy (non-hydrogen) atoms. The topological polar surface area (TPSA) is 149 Å². The van der Waals surface area contributed by atoms with E-state index in [1.54, 1.807) is 30.3 Å². The number of amides is 2. The van der Waals surface area contributed by atoms with E-state index < -0.39 is 11.9 Å². The Morgan fingerprint density at radius 2 is 1.76 bits per heavy atom. The second-order valence-corrected chi connectivity index (χ2v) is 9.87. The van der Waals surface area contributed by atoms with Crippen molar-refractivity contribution >= 4 is 34.3 Å². The smallest absolute Gasteiger partial charge is 0.261 e. The summed E-state index contributed by atoms with van der Waals surface area (Å²) in [6.45, 7) is 0.132. The minimum Gasteiger partial charge on any atom is -0.368 e. The van der Waals surface area contributed by atoms with Crippen LogP contribution in [0.5, 0.6) is 0 Å². The van der Waals surface area contributed by atoms with Crippen molar-refractivity contribution in [2.45, 2.75) is 57.0 Å². The fraction of sp³-hybridized carbons (Fsp3) is 0.407. The number of rotatable bonds is 9. The highest BCUT2D eigenvalue weighted by Gasteiger charge is 2.31. The van der Waals surface area contributed by atoms with Gasteiger partial charge in [-0.1, -0.05) is 19.3 Å². The van der Waals surface area contributed by atoms with E-state index in [2.05, 4.69) is 20.6 Å².